The summed E-state index contributed by atoms with van der Waals surface area (Å²) < 4.78 is 0. The minimum atomic E-state index is 0.0273. The van der Waals surface area contributed by atoms with Crippen molar-refractivity contribution >= 4 is 11.6 Å². The molecule has 0 fully saturated rings. The highest BCUT2D eigenvalue weighted by Gasteiger charge is 2.14. The fourth-order valence-electron chi connectivity index (χ4n) is 2.25. The first-order chi connectivity index (χ1) is 9.22. The highest BCUT2D eigenvalue weighted by Crippen LogP contribution is 2.15. The molecule has 3 heteroatoms. The minimum Gasteiger partial charge on any atom is -0.387 e. The van der Waals surface area contributed by atoms with E-state index in [2.05, 4.69) is 24.5 Å². The molecule has 1 atom stereocenters. The maximum atomic E-state index is 12.3. The number of para-hydroxylation sites is 1. The molecule has 1 aromatic rings. The lowest BCUT2D eigenvalue weighted by atomic mass is 10.0. The van der Waals surface area contributed by atoms with Crippen LogP contribution in [-0.4, -0.2) is 19.0 Å². The second-order valence-corrected chi connectivity index (χ2v) is 4.90. The molecule has 0 aromatic heterocycles. The lowest BCUT2D eigenvalue weighted by Crippen LogP contribution is -2.35. The van der Waals surface area contributed by atoms with Crippen molar-refractivity contribution in [3.63, 3.8) is 0 Å². The van der Waals surface area contributed by atoms with Crippen LogP contribution in [0.3, 0.4) is 0 Å². The highest BCUT2D eigenvalue weighted by atomic mass is 16.1. The van der Waals surface area contributed by atoms with Crippen LogP contribution in [0.15, 0.2) is 24.3 Å². The molecule has 2 N–H and O–H groups in total. The second-order valence-electron chi connectivity index (χ2n) is 4.90. The van der Waals surface area contributed by atoms with Gasteiger partial charge >= 0.3 is 0 Å². The summed E-state index contributed by atoms with van der Waals surface area (Å²) in [5, 5.41) is 6.23. The van der Waals surface area contributed by atoms with Crippen LogP contribution in [0.1, 0.15) is 56.3 Å². The lowest BCUT2D eigenvalue weighted by molar-refractivity contribution is 0.0933. The van der Waals surface area contributed by atoms with Crippen LogP contribution in [0, 0.1) is 0 Å². The lowest BCUT2D eigenvalue weighted by Gasteiger charge is -2.19. The zero-order valence-corrected chi connectivity index (χ0v) is 12.3. The number of unbranched alkanes of at least 4 members (excludes halogenated alkanes) is 1. The van der Waals surface area contributed by atoms with Crippen molar-refractivity contribution in [2.45, 2.75) is 52.0 Å². The monoisotopic (exact) mass is 262 g/mol. The first-order valence-electron chi connectivity index (χ1n) is 7.30. The molecule has 0 radical (unpaired) electrons. The molecule has 1 rings (SSSR count). The second kappa shape index (κ2) is 8.57. The molecule has 1 unspecified atom stereocenters. The Labute approximate surface area is 116 Å². The molecule has 19 heavy (non-hydrogen) atoms. The van der Waals surface area contributed by atoms with Gasteiger partial charge in [0.1, 0.15) is 0 Å². The zero-order valence-electron chi connectivity index (χ0n) is 12.3. The summed E-state index contributed by atoms with van der Waals surface area (Å²) in [6.07, 6.45) is 5.55. The Morgan fingerprint density at radius 2 is 1.89 bits per heavy atom. The number of benzene rings is 1. The van der Waals surface area contributed by atoms with Crippen molar-refractivity contribution in [1.29, 1.82) is 0 Å². The van der Waals surface area contributed by atoms with E-state index in [1.165, 1.54) is 12.8 Å². The van der Waals surface area contributed by atoms with Gasteiger partial charge in [0.2, 0.25) is 0 Å². The summed E-state index contributed by atoms with van der Waals surface area (Å²) >= 11 is 0. The number of carbonyl (C=O) groups excluding carboxylic acids is 1. The highest BCUT2D eigenvalue weighted by molar-refractivity contribution is 5.99. The van der Waals surface area contributed by atoms with Crippen molar-refractivity contribution in [2.75, 3.05) is 12.4 Å². The molecule has 0 aliphatic carbocycles. The van der Waals surface area contributed by atoms with Crippen LogP contribution < -0.4 is 10.6 Å². The average Bonchev–Trinajstić information content (AvgIpc) is 2.44. The maximum Gasteiger partial charge on any atom is 0.253 e. The van der Waals surface area contributed by atoms with Crippen molar-refractivity contribution < 1.29 is 4.79 Å². The van der Waals surface area contributed by atoms with Crippen molar-refractivity contribution in [3.8, 4) is 0 Å². The van der Waals surface area contributed by atoms with Crippen molar-refractivity contribution in [3.05, 3.63) is 29.8 Å². The Kier molecular flexibility index (Phi) is 7.01. The number of rotatable bonds is 8. The molecule has 106 valence electrons. The molecule has 1 aromatic carbocycles. The summed E-state index contributed by atoms with van der Waals surface area (Å²) in [4.78, 5) is 12.3. The summed E-state index contributed by atoms with van der Waals surface area (Å²) in [6.45, 7) is 4.34. The van der Waals surface area contributed by atoms with E-state index < -0.39 is 0 Å². The Hall–Kier alpha value is -1.51. The van der Waals surface area contributed by atoms with Gasteiger partial charge in [-0.05, 0) is 25.0 Å². The van der Waals surface area contributed by atoms with Crippen LogP contribution in [0.25, 0.3) is 0 Å². The summed E-state index contributed by atoms with van der Waals surface area (Å²) in [5.74, 6) is 0.0273. The fourth-order valence-corrected chi connectivity index (χ4v) is 2.25. The largest absolute Gasteiger partial charge is 0.387 e. The van der Waals surface area contributed by atoms with Crippen LogP contribution in [0.4, 0.5) is 5.69 Å². The van der Waals surface area contributed by atoms with Gasteiger partial charge in [0.15, 0.2) is 0 Å². The van der Waals surface area contributed by atoms with E-state index in [-0.39, 0.29) is 5.91 Å². The van der Waals surface area contributed by atoms with E-state index in [9.17, 15) is 4.79 Å². The Balaban J connectivity index is 2.69. The molecule has 1 amide bonds. The molecule has 0 saturated carbocycles. The number of anilines is 1. The SMILES string of the molecule is CCCCC(CCC)NC(=O)c1ccccc1NC. The maximum absolute atomic E-state index is 12.3. The van der Waals surface area contributed by atoms with E-state index in [1.807, 2.05) is 31.3 Å². The molecular formula is C16H26N2O. The molecule has 0 bridgehead atoms. The van der Waals surface area contributed by atoms with E-state index in [0.717, 1.165) is 30.5 Å². The van der Waals surface area contributed by atoms with Gasteiger partial charge in [0.25, 0.3) is 5.91 Å². The fraction of sp³-hybridized carbons (Fsp3) is 0.562. The van der Waals surface area contributed by atoms with Gasteiger partial charge in [-0.3, -0.25) is 4.79 Å². The molecule has 0 heterocycles. The van der Waals surface area contributed by atoms with Gasteiger partial charge in [-0.25, -0.2) is 0 Å². The van der Waals surface area contributed by atoms with Crippen molar-refractivity contribution in [2.24, 2.45) is 0 Å². The predicted molar refractivity (Wildman–Crippen MR) is 81.7 cm³/mol. The molecule has 0 saturated heterocycles. The number of hydrogen-bond acceptors (Lipinski definition) is 2. The number of carbonyl (C=O) groups is 1. The van der Waals surface area contributed by atoms with Crippen LogP contribution in [0.5, 0.6) is 0 Å². The third-order valence-electron chi connectivity index (χ3n) is 3.32. The summed E-state index contributed by atoms with van der Waals surface area (Å²) in [5.41, 5.74) is 1.60. The van der Waals surface area contributed by atoms with E-state index in [4.69, 9.17) is 0 Å². The van der Waals surface area contributed by atoms with Crippen LogP contribution in [0.2, 0.25) is 0 Å². The quantitative estimate of drug-likeness (QED) is 0.748. The summed E-state index contributed by atoms with van der Waals surface area (Å²) in [7, 11) is 1.84. The van der Waals surface area contributed by atoms with Gasteiger partial charge in [-0.1, -0.05) is 45.2 Å². The molecule has 0 aliphatic rings. The first-order valence-corrected chi connectivity index (χ1v) is 7.30. The van der Waals surface area contributed by atoms with Crippen LogP contribution in [-0.2, 0) is 0 Å². The van der Waals surface area contributed by atoms with Gasteiger partial charge in [-0.15, -0.1) is 0 Å². The van der Waals surface area contributed by atoms with Gasteiger partial charge in [0, 0.05) is 18.8 Å². The van der Waals surface area contributed by atoms with Crippen molar-refractivity contribution in [1.82, 2.24) is 5.32 Å². The third kappa shape index (κ3) is 4.93. The van der Waals surface area contributed by atoms with Gasteiger partial charge < -0.3 is 10.6 Å². The normalized spacial score (nSPS) is 11.9. The first kappa shape index (κ1) is 15.5. The molecule has 0 spiro atoms. The Bertz CT molecular complexity index is 390. The molecule has 0 aliphatic heterocycles. The zero-order chi connectivity index (χ0) is 14.1. The Morgan fingerprint density at radius 3 is 2.53 bits per heavy atom. The third-order valence-corrected chi connectivity index (χ3v) is 3.32. The average molecular weight is 262 g/mol. The van der Waals surface area contributed by atoms with E-state index in [0.29, 0.717) is 6.04 Å². The predicted octanol–water partition coefficient (Wildman–Crippen LogP) is 3.82. The topological polar surface area (TPSA) is 41.1 Å². The van der Waals surface area contributed by atoms with Gasteiger partial charge in [0.05, 0.1) is 5.56 Å². The summed E-state index contributed by atoms with van der Waals surface area (Å²) in [6, 6.07) is 7.92. The number of amides is 1. The number of hydrogen-bond donors (Lipinski definition) is 2. The van der Waals surface area contributed by atoms with Gasteiger partial charge in [-0.2, -0.15) is 0 Å². The van der Waals surface area contributed by atoms with Crippen LogP contribution >= 0.6 is 0 Å². The molecule has 3 nitrogen and oxygen atoms in total. The van der Waals surface area contributed by atoms with E-state index in [1.54, 1.807) is 0 Å². The minimum absolute atomic E-state index is 0.0273. The molecular weight excluding hydrogens is 236 g/mol. The van der Waals surface area contributed by atoms with E-state index >= 15 is 0 Å². The number of nitrogens with one attached hydrogen (secondary N) is 2. The smallest absolute Gasteiger partial charge is 0.253 e. The Morgan fingerprint density at radius 1 is 1.16 bits per heavy atom. The standard InChI is InChI=1S/C16H26N2O/c1-4-6-10-13(9-5-2)18-16(19)14-11-7-8-12-15(14)17-3/h7-8,11-13,17H,4-6,9-10H2,1-3H3,(H,18,19).